The van der Waals surface area contributed by atoms with Crippen LogP contribution in [0.25, 0.3) is 0 Å². The largest absolute Gasteiger partial charge is 0.381 e. The molecule has 0 aliphatic carbocycles. The summed E-state index contributed by atoms with van der Waals surface area (Å²) in [5, 5.41) is 10.1. The van der Waals surface area contributed by atoms with Crippen molar-refractivity contribution in [2.24, 2.45) is 0 Å². The average molecular weight is 236 g/mol. The second-order valence-corrected chi connectivity index (χ2v) is 5.84. The summed E-state index contributed by atoms with van der Waals surface area (Å²) < 4.78 is 1.89. The zero-order valence-electron chi connectivity index (χ0n) is 9.77. The van der Waals surface area contributed by atoms with Crippen LogP contribution in [0.5, 0.6) is 0 Å². The van der Waals surface area contributed by atoms with E-state index in [4.69, 9.17) is 5.73 Å². The van der Waals surface area contributed by atoms with Crippen LogP contribution >= 0.6 is 11.3 Å². The number of nitrogens with two attached hydrogens (primary N) is 1. The Morgan fingerprint density at radius 2 is 2.19 bits per heavy atom. The van der Waals surface area contributed by atoms with Crippen molar-refractivity contribution < 1.29 is 0 Å². The van der Waals surface area contributed by atoms with Crippen LogP contribution in [0.15, 0.2) is 17.5 Å². The third-order valence-corrected chi connectivity index (χ3v) is 3.22. The standard InChI is InChI=1S/C11H16N4S/c1-11(2,3)9-10(12)13-14-15(9)7-8-5-4-6-16-8/h4-6H,7,12H2,1-3H3. The van der Waals surface area contributed by atoms with E-state index in [-0.39, 0.29) is 5.41 Å². The maximum absolute atomic E-state index is 5.87. The number of hydrogen-bond donors (Lipinski definition) is 1. The third-order valence-electron chi connectivity index (χ3n) is 2.36. The minimum absolute atomic E-state index is 0.0369. The fourth-order valence-electron chi connectivity index (χ4n) is 1.76. The van der Waals surface area contributed by atoms with Gasteiger partial charge in [-0.05, 0) is 11.4 Å². The number of nitrogen functional groups attached to an aromatic ring is 1. The van der Waals surface area contributed by atoms with Crippen LogP contribution in [0.4, 0.5) is 5.82 Å². The van der Waals surface area contributed by atoms with E-state index in [0.29, 0.717) is 5.82 Å². The van der Waals surface area contributed by atoms with Gasteiger partial charge >= 0.3 is 0 Å². The first-order valence-corrected chi connectivity index (χ1v) is 6.08. The summed E-state index contributed by atoms with van der Waals surface area (Å²) in [4.78, 5) is 1.26. The quantitative estimate of drug-likeness (QED) is 0.870. The number of nitrogens with zero attached hydrogens (tertiary/aromatic N) is 3. The Balaban J connectivity index is 2.35. The minimum Gasteiger partial charge on any atom is -0.381 e. The van der Waals surface area contributed by atoms with Gasteiger partial charge in [-0.15, -0.1) is 16.4 Å². The molecule has 2 N–H and O–H groups in total. The van der Waals surface area contributed by atoms with Crippen molar-refractivity contribution in [1.29, 1.82) is 0 Å². The van der Waals surface area contributed by atoms with Crippen LogP contribution in [0.2, 0.25) is 0 Å². The molecule has 2 rings (SSSR count). The molecule has 0 saturated carbocycles. The molecular weight excluding hydrogens is 220 g/mol. The topological polar surface area (TPSA) is 56.7 Å². The molecule has 0 aromatic carbocycles. The summed E-state index contributed by atoms with van der Waals surface area (Å²) in [6.07, 6.45) is 0. The summed E-state index contributed by atoms with van der Waals surface area (Å²) in [6.45, 7) is 7.10. The van der Waals surface area contributed by atoms with Gasteiger partial charge in [0.15, 0.2) is 5.82 Å². The highest BCUT2D eigenvalue weighted by Gasteiger charge is 2.24. The molecule has 5 heteroatoms. The van der Waals surface area contributed by atoms with Crippen LogP contribution in [0, 0.1) is 0 Å². The van der Waals surface area contributed by atoms with Crippen LogP contribution in [0.1, 0.15) is 31.3 Å². The Hall–Kier alpha value is -1.36. The normalized spacial score (nSPS) is 11.9. The molecule has 86 valence electrons. The fraction of sp³-hybridized carbons (Fsp3) is 0.455. The lowest BCUT2D eigenvalue weighted by molar-refractivity contribution is 0.504. The van der Waals surface area contributed by atoms with Crippen LogP contribution in [0.3, 0.4) is 0 Å². The molecule has 0 radical (unpaired) electrons. The van der Waals surface area contributed by atoms with Gasteiger partial charge < -0.3 is 5.73 Å². The Morgan fingerprint density at radius 3 is 2.75 bits per heavy atom. The molecule has 0 spiro atoms. The fourth-order valence-corrected chi connectivity index (χ4v) is 2.44. The van der Waals surface area contributed by atoms with Gasteiger partial charge in [0, 0.05) is 10.3 Å². The Bertz CT molecular complexity index is 465. The number of thiophene rings is 1. The Labute approximate surface area is 99.1 Å². The molecule has 0 fully saturated rings. The summed E-state index contributed by atoms with van der Waals surface area (Å²) in [5.41, 5.74) is 6.83. The number of aromatic nitrogens is 3. The van der Waals surface area contributed by atoms with Crippen molar-refractivity contribution >= 4 is 17.2 Å². The second kappa shape index (κ2) is 3.90. The lowest BCUT2D eigenvalue weighted by atomic mass is 9.92. The van der Waals surface area contributed by atoms with Gasteiger partial charge in [0.25, 0.3) is 0 Å². The molecular formula is C11H16N4S. The van der Waals surface area contributed by atoms with Crippen molar-refractivity contribution in [2.75, 3.05) is 5.73 Å². The van der Waals surface area contributed by atoms with Gasteiger partial charge in [0.05, 0.1) is 12.2 Å². The zero-order valence-corrected chi connectivity index (χ0v) is 10.6. The molecule has 4 nitrogen and oxygen atoms in total. The smallest absolute Gasteiger partial charge is 0.169 e. The van der Waals surface area contributed by atoms with Crippen LogP contribution in [-0.2, 0) is 12.0 Å². The van der Waals surface area contributed by atoms with Gasteiger partial charge in [-0.25, -0.2) is 4.68 Å². The summed E-state index contributed by atoms with van der Waals surface area (Å²) in [6, 6.07) is 4.13. The van der Waals surface area contributed by atoms with Crippen LogP contribution < -0.4 is 5.73 Å². The van der Waals surface area contributed by atoms with E-state index in [1.165, 1.54) is 4.88 Å². The predicted octanol–water partition coefficient (Wildman–Crippen LogP) is 2.27. The number of anilines is 1. The van der Waals surface area contributed by atoms with Gasteiger partial charge in [-0.2, -0.15) is 0 Å². The van der Waals surface area contributed by atoms with Crippen molar-refractivity contribution in [2.45, 2.75) is 32.7 Å². The van der Waals surface area contributed by atoms with Gasteiger partial charge in [0.2, 0.25) is 0 Å². The van der Waals surface area contributed by atoms with Crippen molar-refractivity contribution in [3.63, 3.8) is 0 Å². The van der Waals surface area contributed by atoms with E-state index in [2.05, 4.69) is 42.5 Å². The summed E-state index contributed by atoms with van der Waals surface area (Å²) >= 11 is 1.72. The first-order valence-electron chi connectivity index (χ1n) is 5.20. The van der Waals surface area contributed by atoms with E-state index in [9.17, 15) is 0 Å². The molecule has 2 aromatic heterocycles. The van der Waals surface area contributed by atoms with Crippen molar-refractivity contribution in [3.8, 4) is 0 Å². The van der Waals surface area contributed by atoms with Gasteiger partial charge in [0.1, 0.15) is 0 Å². The third kappa shape index (κ3) is 2.09. The van der Waals surface area contributed by atoms with Gasteiger partial charge in [-0.3, -0.25) is 0 Å². The van der Waals surface area contributed by atoms with Crippen LogP contribution in [-0.4, -0.2) is 15.0 Å². The molecule has 0 amide bonds. The highest BCUT2D eigenvalue weighted by molar-refractivity contribution is 7.09. The molecule has 0 bridgehead atoms. The molecule has 0 saturated heterocycles. The molecule has 0 unspecified atom stereocenters. The lowest BCUT2D eigenvalue weighted by Crippen LogP contribution is -2.20. The monoisotopic (exact) mass is 236 g/mol. The predicted molar refractivity (Wildman–Crippen MR) is 66.6 cm³/mol. The summed E-state index contributed by atoms with van der Waals surface area (Å²) in [7, 11) is 0. The number of rotatable bonds is 2. The van der Waals surface area contributed by atoms with Crippen molar-refractivity contribution in [3.05, 3.63) is 28.1 Å². The Kier molecular flexibility index (Phi) is 2.71. The van der Waals surface area contributed by atoms with E-state index in [1.807, 2.05) is 10.7 Å². The molecule has 0 aliphatic heterocycles. The molecule has 16 heavy (non-hydrogen) atoms. The molecule has 2 aromatic rings. The first-order chi connectivity index (χ1) is 7.48. The van der Waals surface area contributed by atoms with E-state index >= 15 is 0 Å². The maximum Gasteiger partial charge on any atom is 0.169 e. The first kappa shape index (κ1) is 11.1. The Morgan fingerprint density at radius 1 is 1.44 bits per heavy atom. The number of hydrogen-bond acceptors (Lipinski definition) is 4. The average Bonchev–Trinajstić information content (AvgIpc) is 2.75. The minimum atomic E-state index is -0.0369. The maximum atomic E-state index is 5.87. The van der Waals surface area contributed by atoms with Gasteiger partial charge in [-0.1, -0.05) is 32.1 Å². The zero-order chi connectivity index (χ0) is 11.8. The molecule has 2 heterocycles. The SMILES string of the molecule is CC(C)(C)c1c(N)nnn1Cc1cccs1. The van der Waals surface area contributed by atoms with Crippen molar-refractivity contribution in [1.82, 2.24) is 15.0 Å². The lowest BCUT2D eigenvalue weighted by Gasteiger charge is -2.19. The summed E-state index contributed by atoms with van der Waals surface area (Å²) in [5.74, 6) is 0.532. The second-order valence-electron chi connectivity index (χ2n) is 4.81. The highest BCUT2D eigenvalue weighted by atomic mass is 32.1. The highest BCUT2D eigenvalue weighted by Crippen LogP contribution is 2.26. The van der Waals surface area contributed by atoms with E-state index < -0.39 is 0 Å². The van der Waals surface area contributed by atoms with E-state index in [0.717, 1.165) is 12.2 Å². The molecule has 0 atom stereocenters. The van der Waals surface area contributed by atoms with E-state index in [1.54, 1.807) is 11.3 Å². The molecule has 0 aliphatic rings.